The summed E-state index contributed by atoms with van der Waals surface area (Å²) in [5, 5.41) is 134. The first-order valence-electron chi connectivity index (χ1n) is 16.7. The van der Waals surface area contributed by atoms with Gasteiger partial charge in [0.05, 0.1) is 0 Å². The zero-order valence-electron chi connectivity index (χ0n) is 42.4. The van der Waals surface area contributed by atoms with Crippen molar-refractivity contribution in [3.63, 3.8) is 0 Å². The molecule has 0 rings (SSSR count). The molecule has 0 atom stereocenters. The van der Waals surface area contributed by atoms with E-state index in [9.17, 15) is 0 Å². The molecule has 0 amide bonds. The van der Waals surface area contributed by atoms with Crippen molar-refractivity contribution in [3.8, 4) is 0 Å². The van der Waals surface area contributed by atoms with Crippen LogP contribution >= 0.6 is 0 Å². The molecule has 36 nitrogen and oxygen atoms in total. The Balaban J connectivity index is -0.0000000268. The summed E-state index contributed by atoms with van der Waals surface area (Å²) in [5.74, 6) is -15.0. The molecule has 0 aliphatic carbocycles. The molecule has 0 heterocycles. The summed E-state index contributed by atoms with van der Waals surface area (Å²) in [6.07, 6.45) is 0. The summed E-state index contributed by atoms with van der Waals surface area (Å²) in [6.45, 7) is 19.5. The summed E-state index contributed by atoms with van der Waals surface area (Å²) in [7, 11) is 0. The van der Waals surface area contributed by atoms with Crippen molar-refractivity contribution in [1.29, 1.82) is 0 Å². The average Bonchev–Trinajstić information content (AvgIpc) is 2.91. The Kier molecular flexibility index (Phi) is 188. The fourth-order valence-corrected chi connectivity index (χ4v) is 0. The summed E-state index contributed by atoms with van der Waals surface area (Å²) >= 11 is 0. The van der Waals surface area contributed by atoms with Gasteiger partial charge < -0.3 is 91.9 Å². The Bertz CT molecular complexity index is 937. The van der Waals surface area contributed by atoms with Crippen molar-refractivity contribution in [2.24, 2.45) is 0 Å². The summed E-state index contributed by atoms with van der Waals surface area (Å²) < 4.78 is 0. The first kappa shape index (κ1) is 119. The molecular weight excluding hydrogens is 1010 g/mol. The highest BCUT2D eigenvalue weighted by Gasteiger charge is 1.71. The first-order valence-corrected chi connectivity index (χ1v) is 16.7. The molecule has 0 fully saturated rings. The van der Waals surface area contributed by atoms with Gasteiger partial charge >= 0.3 is 0 Å². The number of carboxylic acids is 18. The molecule has 18 N–H and O–H groups in total. The molecule has 0 aromatic rings. The predicted molar refractivity (Wildman–Crippen MR) is 240 cm³/mol. The van der Waals surface area contributed by atoms with Crippen LogP contribution in [0.4, 0.5) is 0 Å². The van der Waals surface area contributed by atoms with Gasteiger partial charge in [0.2, 0.25) is 0 Å². The Morgan fingerprint density at radius 2 is 0.111 bits per heavy atom. The van der Waals surface area contributed by atoms with E-state index < -0.39 is 107 Å². The zero-order chi connectivity index (χ0) is 64.4. The van der Waals surface area contributed by atoms with E-state index >= 15 is 0 Å². The second kappa shape index (κ2) is 114. The molecule has 36 heteroatoms. The number of rotatable bonds is 0. The van der Waals surface area contributed by atoms with Crippen LogP contribution in [0.15, 0.2) is 0 Å². The van der Waals surface area contributed by atoms with Crippen LogP contribution in [0.3, 0.4) is 0 Å². The van der Waals surface area contributed by atoms with Crippen molar-refractivity contribution in [2.45, 2.75) is 125 Å². The van der Waals surface area contributed by atoms with Crippen LogP contribution in [-0.4, -0.2) is 199 Å². The molecular formula is C36H72O36. The minimum atomic E-state index is -0.833. The van der Waals surface area contributed by atoms with Gasteiger partial charge in [-0.15, -0.1) is 0 Å². The summed E-state index contributed by atoms with van der Waals surface area (Å²) in [6, 6.07) is 0. The summed E-state index contributed by atoms with van der Waals surface area (Å²) in [4.78, 5) is 162. The Morgan fingerprint density at radius 1 is 0.111 bits per heavy atom. The topological polar surface area (TPSA) is 671 Å². The standard InChI is InChI=1S/18C2H4O2/c18*1-2(3)4/h18*1H3,(H,3,4). The van der Waals surface area contributed by atoms with E-state index in [-0.39, 0.29) is 0 Å². The van der Waals surface area contributed by atoms with Crippen LogP contribution in [0.25, 0.3) is 0 Å². The van der Waals surface area contributed by atoms with Crippen LogP contribution in [-0.2, 0) is 86.3 Å². The quantitative estimate of drug-likeness (QED) is 0.164. The van der Waals surface area contributed by atoms with Crippen LogP contribution in [0.5, 0.6) is 0 Å². The molecule has 0 aliphatic rings. The number of hydrogen-bond acceptors (Lipinski definition) is 18. The molecule has 0 saturated carbocycles. The molecule has 432 valence electrons. The zero-order valence-corrected chi connectivity index (χ0v) is 42.4. The van der Waals surface area contributed by atoms with Crippen molar-refractivity contribution >= 4 is 107 Å². The summed E-state index contributed by atoms with van der Waals surface area (Å²) in [5.41, 5.74) is 0. The minimum Gasteiger partial charge on any atom is -0.481 e. The molecule has 0 aromatic carbocycles. The van der Waals surface area contributed by atoms with E-state index in [1.165, 1.54) is 0 Å². The van der Waals surface area contributed by atoms with E-state index in [1.807, 2.05) is 0 Å². The lowest BCUT2D eigenvalue weighted by Gasteiger charge is -1.59. The highest BCUT2D eigenvalue weighted by molar-refractivity contribution is 5.67. The van der Waals surface area contributed by atoms with Crippen LogP contribution in [0, 0.1) is 0 Å². The fraction of sp³-hybridized carbons (Fsp3) is 0.500. The molecule has 0 unspecified atom stereocenters. The lowest BCUT2D eigenvalue weighted by molar-refractivity contribution is -0.135. The highest BCUT2D eigenvalue weighted by Crippen LogP contribution is 1.48. The molecule has 0 radical (unpaired) electrons. The lowest BCUT2D eigenvalue weighted by atomic mass is 10.9. The maximum absolute atomic E-state index is 9.00. The smallest absolute Gasteiger partial charge is 0.300 e. The highest BCUT2D eigenvalue weighted by atomic mass is 16.4. The first-order chi connectivity index (χ1) is 31.2. The second-order valence-electron chi connectivity index (χ2n) is 9.34. The third-order valence-corrected chi connectivity index (χ3v) is 0. The average molecular weight is 1080 g/mol. The number of carboxylic acid groups (broad SMARTS) is 18. The number of aliphatic carboxylic acids is 18. The maximum atomic E-state index is 9.00. The molecule has 0 bridgehead atoms. The SMILES string of the molecule is CC(=O)O.CC(=O)O.CC(=O)O.CC(=O)O.CC(=O)O.CC(=O)O.CC(=O)O.CC(=O)O.CC(=O)O.CC(=O)O.CC(=O)O.CC(=O)O.CC(=O)O.CC(=O)O.CC(=O)O.CC(=O)O.CC(=O)O.CC(=O)O. The van der Waals surface area contributed by atoms with E-state index in [2.05, 4.69) is 0 Å². The van der Waals surface area contributed by atoms with Gasteiger partial charge in [0.1, 0.15) is 0 Å². The van der Waals surface area contributed by atoms with Gasteiger partial charge in [-0.25, -0.2) is 0 Å². The molecule has 0 aromatic heterocycles. The third-order valence-electron chi connectivity index (χ3n) is 0. The van der Waals surface area contributed by atoms with Gasteiger partial charge in [0, 0.05) is 125 Å². The van der Waals surface area contributed by atoms with E-state index in [0.29, 0.717) is 0 Å². The van der Waals surface area contributed by atoms with Crippen LogP contribution in [0.1, 0.15) is 125 Å². The van der Waals surface area contributed by atoms with Crippen molar-refractivity contribution in [2.75, 3.05) is 0 Å². The fourth-order valence-electron chi connectivity index (χ4n) is 0. The van der Waals surface area contributed by atoms with Gasteiger partial charge in [-0.05, 0) is 0 Å². The number of carbonyl (C=O) groups is 18. The largest absolute Gasteiger partial charge is 0.481 e. The van der Waals surface area contributed by atoms with E-state index in [1.54, 1.807) is 0 Å². The normalized spacial score (nSPS) is 6.25. The lowest BCUT2D eigenvalue weighted by Crippen LogP contribution is -1.78. The minimum absolute atomic E-state index is 0.833. The van der Waals surface area contributed by atoms with Gasteiger partial charge in [0.25, 0.3) is 107 Å². The van der Waals surface area contributed by atoms with E-state index in [4.69, 9.17) is 178 Å². The van der Waals surface area contributed by atoms with Gasteiger partial charge in [-0.2, -0.15) is 0 Å². The van der Waals surface area contributed by atoms with Crippen molar-refractivity contribution < 1.29 is 178 Å². The molecule has 0 spiro atoms. The molecule has 0 aliphatic heterocycles. The monoisotopic (exact) mass is 1080 g/mol. The van der Waals surface area contributed by atoms with E-state index in [0.717, 1.165) is 125 Å². The number of hydrogen-bond donors (Lipinski definition) is 18. The predicted octanol–water partition coefficient (Wildman–Crippen LogP) is 1.64. The van der Waals surface area contributed by atoms with Crippen LogP contribution < -0.4 is 0 Å². The molecule has 72 heavy (non-hydrogen) atoms. The molecule has 0 saturated heterocycles. The third kappa shape index (κ3) is 2350. The van der Waals surface area contributed by atoms with Crippen molar-refractivity contribution in [3.05, 3.63) is 0 Å². The van der Waals surface area contributed by atoms with Crippen molar-refractivity contribution in [1.82, 2.24) is 0 Å². The Hall–Kier alpha value is -9.54. The van der Waals surface area contributed by atoms with Gasteiger partial charge in [-0.3, -0.25) is 86.3 Å². The van der Waals surface area contributed by atoms with Crippen LogP contribution in [0.2, 0.25) is 0 Å². The Morgan fingerprint density at radius 3 is 0.111 bits per heavy atom. The second-order valence-corrected chi connectivity index (χ2v) is 9.34. The van der Waals surface area contributed by atoms with Gasteiger partial charge in [-0.1, -0.05) is 0 Å². The maximum Gasteiger partial charge on any atom is 0.300 e. The van der Waals surface area contributed by atoms with Gasteiger partial charge in [0.15, 0.2) is 0 Å². The Labute approximate surface area is 410 Å².